The van der Waals surface area contributed by atoms with Gasteiger partial charge < -0.3 is 5.32 Å². The Hall–Kier alpha value is -1.56. The molecule has 0 aliphatic carbocycles. The van der Waals surface area contributed by atoms with Gasteiger partial charge in [-0.15, -0.1) is 12.3 Å². The monoisotopic (exact) mass is 175 g/mol. The summed E-state index contributed by atoms with van der Waals surface area (Å²) in [6.07, 6.45) is 8.61. The second-order valence-electron chi connectivity index (χ2n) is 2.76. The lowest BCUT2D eigenvalue weighted by atomic mass is 10.3. The molecule has 0 spiro atoms. The summed E-state index contributed by atoms with van der Waals surface area (Å²) in [5.74, 6) is 3.26. The Balaban J connectivity index is 2.33. The van der Waals surface area contributed by atoms with E-state index in [1.807, 2.05) is 13.0 Å². The first-order valence-electron chi connectivity index (χ1n) is 4.30. The quantitative estimate of drug-likeness (QED) is 0.558. The van der Waals surface area contributed by atoms with Crippen LogP contribution >= 0.6 is 0 Å². The third-order valence-electron chi connectivity index (χ3n) is 1.58. The van der Waals surface area contributed by atoms with Gasteiger partial charge in [0.1, 0.15) is 0 Å². The molecular formula is C10H13N3. The second kappa shape index (κ2) is 5.15. The molecule has 1 heterocycles. The first kappa shape index (κ1) is 9.53. The first-order valence-corrected chi connectivity index (χ1v) is 4.30. The molecule has 0 fully saturated rings. The molecule has 0 radical (unpaired) electrons. The van der Waals surface area contributed by atoms with Crippen molar-refractivity contribution in [1.82, 2.24) is 9.97 Å². The molecule has 0 bridgehead atoms. The molecular weight excluding hydrogens is 162 g/mol. The minimum Gasteiger partial charge on any atom is -0.354 e. The number of hydrogen-bond acceptors (Lipinski definition) is 3. The Kier molecular flexibility index (Phi) is 3.77. The molecule has 0 atom stereocenters. The predicted molar refractivity (Wildman–Crippen MR) is 53.3 cm³/mol. The number of anilines is 1. The fourth-order valence-corrected chi connectivity index (χ4v) is 0.925. The second-order valence-corrected chi connectivity index (χ2v) is 2.76. The molecule has 1 N–H and O–H groups in total. The van der Waals surface area contributed by atoms with Gasteiger partial charge in [0.05, 0.1) is 0 Å². The molecule has 0 aromatic carbocycles. The van der Waals surface area contributed by atoms with Crippen LogP contribution in [0.4, 0.5) is 5.95 Å². The zero-order valence-electron chi connectivity index (χ0n) is 7.75. The Morgan fingerprint density at radius 3 is 3.15 bits per heavy atom. The molecule has 0 aliphatic rings. The fourth-order valence-electron chi connectivity index (χ4n) is 0.925. The van der Waals surface area contributed by atoms with Crippen molar-refractivity contribution in [2.24, 2.45) is 0 Å². The molecule has 0 amide bonds. The lowest BCUT2D eigenvalue weighted by Crippen LogP contribution is -2.05. The van der Waals surface area contributed by atoms with Crippen LogP contribution < -0.4 is 5.32 Å². The summed E-state index contributed by atoms with van der Waals surface area (Å²) in [5, 5.41) is 3.10. The van der Waals surface area contributed by atoms with Crippen molar-refractivity contribution in [2.75, 3.05) is 11.9 Å². The highest BCUT2D eigenvalue weighted by Gasteiger charge is 1.93. The van der Waals surface area contributed by atoms with Gasteiger partial charge in [0, 0.05) is 24.9 Å². The van der Waals surface area contributed by atoms with Crippen LogP contribution in [0.5, 0.6) is 0 Å². The maximum absolute atomic E-state index is 5.12. The molecule has 0 saturated heterocycles. The fraction of sp³-hybridized carbons (Fsp3) is 0.400. The Labute approximate surface area is 78.6 Å². The van der Waals surface area contributed by atoms with E-state index in [2.05, 4.69) is 21.2 Å². The molecule has 1 aromatic heterocycles. The number of unbranched alkanes of at least 4 members (excludes halogenated alkanes) is 1. The minimum absolute atomic E-state index is 0.678. The van der Waals surface area contributed by atoms with E-state index in [4.69, 9.17) is 6.42 Å². The van der Waals surface area contributed by atoms with Gasteiger partial charge in [-0.25, -0.2) is 9.97 Å². The standard InChI is InChI=1S/C10H13N3/c1-3-4-5-7-11-10-12-8-6-9(2)13-10/h1,6,8H,4-5,7H2,2H3,(H,11,12,13). The summed E-state index contributed by atoms with van der Waals surface area (Å²) >= 11 is 0. The van der Waals surface area contributed by atoms with Crippen molar-refractivity contribution in [2.45, 2.75) is 19.8 Å². The van der Waals surface area contributed by atoms with E-state index in [-0.39, 0.29) is 0 Å². The van der Waals surface area contributed by atoms with Crippen molar-refractivity contribution in [3.05, 3.63) is 18.0 Å². The van der Waals surface area contributed by atoms with Crippen molar-refractivity contribution in [3.63, 3.8) is 0 Å². The van der Waals surface area contributed by atoms with Crippen LogP contribution in [0.2, 0.25) is 0 Å². The highest BCUT2D eigenvalue weighted by molar-refractivity contribution is 5.24. The number of aromatic nitrogens is 2. The van der Waals surface area contributed by atoms with Crippen LogP contribution in [0.3, 0.4) is 0 Å². The average Bonchev–Trinajstić information content (AvgIpc) is 2.13. The van der Waals surface area contributed by atoms with Gasteiger partial charge in [0.15, 0.2) is 0 Å². The molecule has 0 aliphatic heterocycles. The summed E-state index contributed by atoms with van der Waals surface area (Å²) in [6.45, 7) is 2.77. The Morgan fingerprint density at radius 2 is 2.46 bits per heavy atom. The highest BCUT2D eigenvalue weighted by Crippen LogP contribution is 1.98. The van der Waals surface area contributed by atoms with Crippen molar-refractivity contribution >= 4 is 5.95 Å². The third-order valence-corrected chi connectivity index (χ3v) is 1.58. The highest BCUT2D eigenvalue weighted by atomic mass is 15.1. The number of aryl methyl sites for hydroxylation is 1. The van der Waals surface area contributed by atoms with Crippen LogP contribution in [0.15, 0.2) is 12.3 Å². The van der Waals surface area contributed by atoms with E-state index in [9.17, 15) is 0 Å². The molecule has 1 rings (SSSR count). The maximum atomic E-state index is 5.12. The van der Waals surface area contributed by atoms with E-state index < -0.39 is 0 Å². The van der Waals surface area contributed by atoms with E-state index in [1.165, 1.54) is 0 Å². The van der Waals surface area contributed by atoms with Crippen molar-refractivity contribution < 1.29 is 0 Å². The molecule has 1 aromatic rings. The number of hydrogen-bond donors (Lipinski definition) is 1. The number of nitrogens with one attached hydrogen (secondary N) is 1. The number of rotatable bonds is 4. The zero-order valence-corrected chi connectivity index (χ0v) is 7.75. The zero-order chi connectivity index (χ0) is 9.52. The molecule has 13 heavy (non-hydrogen) atoms. The maximum Gasteiger partial charge on any atom is 0.222 e. The minimum atomic E-state index is 0.678. The van der Waals surface area contributed by atoms with E-state index in [0.29, 0.717) is 5.95 Å². The smallest absolute Gasteiger partial charge is 0.222 e. The summed E-state index contributed by atoms with van der Waals surface area (Å²) in [6, 6.07) is 1.87. The normalized spacial score (nSPS) is 9.23. The molecule has 3 nitrogen and oxygen atoms in total. The third kappa shape index (κ3) is 3.57. The van der Waals surface area contributed by atoms with Gasteiger partial charge in [-0.3, -0.25) is 0 Å². The van der Waals surface area contributed by atoms with E-state index in [0.717, 1.165) is 25.1 Å². The average molecular weight is 175 g/mol. The van der Waals surface area contributed by atoms with Gasteiger partial charge in [-0.1, -0.05) is 0 Å². The number of terminal acetylenes is 1. The van der Waals surface area contributed by atoms with Crippen LogP contribution in [0.25, 0.3) is 0 Å². The van der Waals surface area contributed by atoms with Gasteiger partial charge >= 0.3 is 0 Å². The van der Waals surface area contributed by atoms with E-state index >= 15 is 0 Å². The topological polar surface area (TPSA) is 37.8 Å². The van der Waals surface area contributed by atoms with Crippen molar-refractivity contribution in [1.29, 1.82) is 0 Å². The Bertz CT molecular complexity index is 301. The SMILES string of the molecule is C#CCCCNc1nccc(C)n1. The largest absolute Gasteiger partial charge is 0.354 e. The summed E-state index contributed by atoms with van der Waals surface area (Å²) in [5.41, 5.74) is 0.967. The first-order chi connectivity index (χ1) is 6.33. The lowest BCUT2D eigenvalue weighted by molar-refractivity contribution is 0.889. The summed E-state index contributed by atoms with van der Waals surface area (Å²) in [4.78, 5) is 8.26. The van der Waals surface area contributed by atoms with Crippen LogP contribution in [-0.4, -0.2) is 16.5 Å². The Morgan fingerprint density at radius 1 is 1.62 bits per heavy atom. The molecule has 0 unspecified atom stereocenters. The summed E-state index contributed by atoms with van der Waals surface area (Å²) in [7, 11) is 0. The van der Waals surface area contributed by atoms with E-state index in [1.54, 1.807) is 6.20 Å². The van der Waals surface area contributed by atoms with Gasteiger partial charge in [-0.2, -0.15) is 0 Å². The number of nitrogens with zero attached hydrogens (tertiary/aromatic N) is 2. The van der Waals surface area contributed by atoms with Crippen LogP contribution in [0, 0.1) is 19.3 Å². The molecule has 3 heteroatoms. The summed E-state index contributed by atoms with van der Waals surface area (Å²) < 4.78 is 0. The molecule has 68 valence electrons. The lowest BCUT2D eigenvalue weighted by Gasteiger charge is -2.02. The van der Waals surface area contributed by atoms with Gasteiger partial charge in [0.25, 0.3) is 0 Å². The van der Waals surface area contributed by atoms with Gasteiger partial charge in [-0.05, 0) is 19.4 Å². The van der Waals surface area contributed by atoms with Gasteiger partial charge in [0.2, 0.25) is 5.95 Å². The van der Waals surface area contributed by atoms with Crippen LogP contribution in [0.1, 0.15) is 18.5 Å². The molecule has 0 saturated carbocycles. The predicted octanol–water partition coefficient (Wildman–Crippen LogP) is 1.61. The van der Waals surface area contributed by atoms with Crippen LogP contribution in [-0.2, 0) is 0 Å². The van der Waals surface area contributed by atoms with Crippen molar-refractivity contribution in [3.8, 4) is 12.3 Å².